The molecule has 0 fully saturated rings. The fourth-order valence-electron chi connectivity index (χ4n) is 4.70. The number of nitrogens with one attached hydrogen (secondary N) is 1. The molecule has 0 aliphatic carbocycles. The number of rotatable bonds is 7. The van der Waals surface area contributed by atoms with Gasteiger partial charge in [0.1, 0.15) is 11.6 Å². The SMILES string of the molecule is O=C(COc1ccc2nc3n(c(=O)c2c1)CCCCC3)NCC(c1ccccc1)c1ccccc1. The number of ether oxygens (including phenoxy) is 1. The van der Waals surface area contributed by atoms with Gasteiger partial charge >= 0.3 is 0 Å². The van der Waals surface area contributed by atoms with Crippen molar-refractivity contribution < 1.29 is 9.53 Å². The molecule has 0 unspecified atom stereocenters. The minimum Gasteiger partial charge on any atom is -0.484 e. The highest BCUT2D eigenvalue weighted by atomic mass is 16.5. The maximum atomic E-state index is 13.1. The number of hydrogen-bond donors (Lipinski definition) is 1. The maximum absolute atomic E-state index is 13.1. The Bertz CT molecular complexity index is 1330. The molecule has 1 N–H and O–H groups in total. The van der Waals surface area contributed by atoms with Crippen LogP contribution in [0.4, 0.5) is 0 Å². The number of nitrogens with zero attached hydrogens (tertiary/aromatic N) is 2. The Morgan fingerprint density at radius 3 is 2.37 bits per heavy atom. The molecule has 1 aliphatic rings. The molecule has 4 aromatic rings. The van der Waals surface area contributed by atoms with E-state index in [1.807, 2.05) is 36.4 Å². The van der Waals surface area contributed by atoms with E-state index in [-0.39, 0.29) is 24.0 Å². The van der Waals surface area contributed by atoms with Gasteiger partial charge in [-0.25, -0.2) is 4.98 Å². The monoisotopic (exact) mass is 467 g/mol. The predicted octanol–water partition coefficient (Wildman–Crippen LogP) is 4.45. The quantitative estimate of drug-likeness (QED) is 0.436. The van der Waals surface area contributed by atoms with E-state index in [0.717, 1.165) is 42.6 Å². The van der Waals surface area contributed by atoms with Gasteiger partial charge in [-0.2, -0.15) is 0 Å². The summed E-state index contributed by atoms with van der Waals surface area (Å²) in [4.78, 5) is 30.4. The van der Waals surface area contributed by atoms with Gasteiger partial charge in [-0.3, -0.25) is 14.2 Å². The summed E-state index contributed by atoms with van der Waals surface area (Å²) >= 11 is 0. The highest BCUT2D eigenvalue weighted by Crippen LogP contribution is 2.24. The lowest BCUT2D eigenvalue weighted by atomic mass is 9.91. The van der Waals surface area contributed by atoms with Crippen LogP contribution in [-0.4, -0.2) is 28.6 Å². The van der Waals surface area contributed by atoms with Gasteiger partial charge in [-0.1, -0.05) is 67.1 Å². The van der Waals surface area contributed by atoms with Crippen LogP contribution in [-0.2, 0) is 17.8 Å². The van der Waals surface area contributed by atoms with Crippen molar-refractivity contribution in [3.63, 3.8) is 0 Å². The Hall–Kier alpha value is -3.93. The van der Waals surface area contributed by atoms with Gasteiger partial charge in [-0.05, 0) is 42.2 Å². The zero-order valence-electron chi connectivity index (χ0n) is 19.7. The average Bonchev–Trinajstić information content (AvgIpc) is 3.15. The Labute approximate surface area is 204 Å². The maximum Gasteiger partial charge on any atom is 0.261 e. The smallest absolute Gasteiger partial charge is 0.261 e. The summed E-state index contributed by atoms with van der Waals surface area (Å²) < 4.78 is 7.55. The largest absolute Gasteiger partial charge is 0.484 e. The van der Waals surface area contributed by atoms with Crippen LogP contribution in [0.15, 0.2) is 83.7 Å². The third-order valence-corrected chi connectivity index (χ3v) is 6.56. The standard InChI is InChI=1S/C29H29N3O3/c33-28(30-19-25(21-10-4-1-5-11-21)22-12-6-2-7-13-22)20-35-23-15-16-26-24(18-23)29(34)32-17-9-3-8-14-27(32)31-26/h1-2,4-7,10-13,15-16,18,25H,3,8-9,14,17,19-20H2,(H,30,33). The molecule has 6 nitrogen and oxygen atoms in total. The third kappa shape index (κ3) is 5.27. The first kappa shape index (κ1) is 22.8. The topological polar surface area (TPSA) is 73.2 Å². The molecule has 6 heteroatoms. The van der Waals surface area contributed by atoms with Crippen LogP contribution in [0.1, 0.15) is 42.1 Å². The molecule has 0 saturated carbocycles. The van der Waals surface area contributed by atoms with E-state index in [0.29, 0.717) is 29.7 Å². The predicted molar refractivity (Wildman–Crippen MR) is 137 cm³/mol. The van der Waals surface area contributed by atoms with Crippen molar-refractivity contribution in [2.75, 3.05) is 13.2 Å². The number of hydrogen-bond acceptors (Lipinski definition) is 4. The summed E-state index contributed by atoms with van der Waals surface area (Å²) in [6, 6.07) is 25.6. The fraction of sp³-hybridized carbons (Fsp3) is 0.276. The van der Waals surface area contributed by atoms with E-state index in [1.54, 1.807) is 22.8 Å². The number of amides is 1. The minimum atomic E-state index is -0.210. The highest BCUT2D eigenvalue weighted by Gasteiger charge is 2.17. The third-order valence-electron chi connectivity index (χ3n) is 6.56. The minimum absolute atomic E-state index is 0.0321. The molecule has 0 saturated heterocycles. The molecule has 1 aliphatic heterocycles. The summed E-state index contributed by atoms with van der Waals surface area (Å²) in [6.07, 6.45) is 3.99. The van der Waals surface area contributed by atoms with Crippen LogP contribution in [0.25, 0.3) is 10.9 Å². The van der Waals surface area contributed by atoms with Crippen molar-refractivity contribution in [3.8, 4) is 5.75 Å². The highest BCUT2D eigenvalue weighted by molar-refractivity contribution is 5.80. The molecule has 0 bridgehead atoms. The molecule has 178 valence electrons. The van der Waals surface area contributed by atoms with Crippen molar-refractivity contribution >= 4 is 16.8 Å². The summed E-state index contributed by atoms with van der Waals surface area (Å²) in [5.41, 5.74) is 2.92. The number of benzene rings is 3. The number of carbonyl (C=O) groups excluding carboxylic acids is 1. The Balaban J connectivity index is 1.26. The normalized spacial score (nSPS) is 13.3. The molecule has 0 atom stereocenters. The van der Waals surface area contributed by atoms with Gasteiger partial charge < -0.3 is 10.1 Å². The Morgan fingerprint density at radius 1 is 0.943 bits per heavy atom. The van der Waals surface area contributed by atoms with Crippen LogP contribution < -0.4 is 15.6 Å². The molecule has 2 heterocycles. The fourth-order valence-corrected chi connectivity index (χ4v) is 4.70. The number of carbonyl (C=O) groups is 1. The van der Waals surface area contributed by atoms with E-state index in [1.165, 1.54) is 0 Å². The molecule has 5 rings (SSSR count). The Morgan fingerprint density at radius 2 is 1.66 bits per heavy atom. The van der Waals surface area contributed by atoms with Gasteiger partial charge in [0, 0.05) is 25.4 Å². The van der Waals surface area contributed by atoms with Crippen molar-refractivity contribution in [2.45, 2.75) is 38.1 Å². The lowest BCUT2D eigenvalue weighted by molar-refractivity contribution is -0.123. The van der Waals surface area contributed by atoms with Crippen molar-refractivity contribution in [2.24, 2.45) is 0 Å². The lowest BCUT2D eigenvalue weighted by Crippen LogP contribution is -2.32. The van der Waals surface area contributed by atoms with Crippen LogP contribution in [0.3, 0.4) is 0 Å². The van der Waals surface area contributed by atoms with Crippen LogP contribution in [0.2, 0.25) is 0 Å². The molecular weight excluding hydrogens is 438 g/mol. The van der Waals surface area contributed by atoms with Gasteiger partial charge in [0.25, 0.3) is 11.5 Å². The number of aromatic nitrogens is 2. The number of aryl methyl sites for hydroxylation is 1. The second kappa shape index (κ2) is 10.6. The van der Waals surface area contributed by atoms with Crippen molar-refractivity contribution in [3.05, 3.63) is 106 Å². The molecule has 1 aromatic heterocycles. The van der Waals surface area contributed by atoms with E-state index in [4.69, 9.17) is 9.72 Å². The van der Waals surface area contributed by atoms with E-state index < -0.39 is 0 Å². The van der Waals surface area contributed by atoms with Crippen LogP contribution >= 0.6 is 0 Å². The summed E-state index contributed by atoms with van der Waals surface area (Å²) in [5, 5.41) is 3.53. The molecule has 1 amide bonds. The van der Waals surface area contributed by atoms with Crippen molar-refractivity contribution in [1.82, 2.24) is 14.9 Å². The number of fused-ring (bicyclic) bond motifs is 2. The van der Waals surface area contributed by atoms with E-state index in [9.17, 15) is 9.59 Å². The second-order valence-corrected chi connectivity index (χ2v) is 8.94. The van der Waals surface area contributed by atoms with Gasteiger partial charge in [0.15, 0.2) is 6.61 Å². The second-order valence-electron chi connectivity index (χ2n) is 8.94. The lowest BCUT2D eigenvalue weighted by Gasteiger charge is -2.19. The van der Waals surface area contributed by atoms with Gasteiger partial charge in [0.05, 0.1) is 10.9 Å². The summed E-state index contributed by atoms with van der Waals surface area (Å²) in [7, 11) is 0. The van der Waals surface area contributed by atoms with Crippen LogP contribution in [0.5, 0.6) is 5.75 Å². The molecular formula is C29H29N3O3. The zero-order valence-corrected chi connectivity index (χ0v) is 19.7. The first-order chi connectivity index (χ1) is 17.2. The first-order valence-corrected chi connectivity index (χ1v) is 12.2. The van der Waals surface area contributed by atoms with Gasteiger partial charge in [0.2, 0.25) is 0 Å². The van der Waals surface area contributed by atoms with Gasteiger partial charge in [-0.15, -0.1) is 0 Å². The molecule has 0 spiro atoms. The van der Waals surface area contributed by atoms with Crippen molar-refractivity contribution in [1.29, 1.82) is 0 Å². The van der Waals surface area contributed by atoms with E-state index in [2.05, 4.69) is 29.6 Å². The van der Waals surface area contributed by atoms with E-state index >= 15 is 0 Å². The summed E-state index contributed by atoms with van der Waals surface area (Å²) in [6.45, 7) is 1.04. The summed E-state index contributed by atoms with van der Waals surface area (Å²) in [5.74, 6) is 1.19. The average molecular weight is 468 g/mol. The van der Waals surface area contributed by atoms with Crippen LogP contribution in [0, 0.1) is 0 Å². The zero-order chi connectivity index (χ0) is 24.0. The first-order valence-electron chi connectivity index (χ1n) is 12.2. The molecule has 35 heavy (non-hydrogen) atoms. The molecule has 0 radical (unpaired) electrons. The Kier molecular flexibility index (Phi) is 6.89. The molecule has 3 aromatic carbocycles.